The van der Waals surface area contributed by atoms with Crippen LogP contribution in [0.1, 0.15) is 25.1 Å². The summed E-state index contributed by atoms with van der Waals surface area (Å²) in [6.07, 6.45) is 0. The molecule has 0 bridgehead atoms. The van der Waals surface area contributed by atoms with Crippen molar-refractivity contribution in [3.63, 3.8) is 0 Å². The molecule has 0 unspecified atom stereocenters. The van der Waals surface area contributed by atoms with Gasteiger partial charge in [-0.05, 0) is 32.0 Å². The Morgan fingerprint density at radius 1 is 1.43 bits per heavy atom. The van der Waals surface area contributed by atoms with Gasteiger partial charge in [0.15, 0.2) is 5.13 Å². The molecule has 7 heteroatoms. The van der Waals surface area contributed by atoms with E-state index in [1.165, 1.54) is 11.3 Å². The molecule has 0 radical (unpaired) electrons. The Morgan fingerprint density at radius 3 is 2.81 bits per heavy atom. The zero-order valence-electron chi connectivity index (χ0n) is 11.5. The number of halogens is 2. The van der Waals surface area contributed by atoms with Crippen LogP contribution in [0, 0.1) is 11.6 Å². The van der Waals surface area contributed by atoms with E-state index in [-0.39, 0.29) is 12.1 Å². The lowest BCUT2D eigenvalue weighted by Crippen LogP contribution is -2.28. The molecule has 4 nitrogen and oxygen atoms in total. The van der Waals surface area contributed by atoms with Crippen molar-refractivity contribution < 1.29 is 18.7 Å². The molecule has 2 N–H and O–H groups in total. The summed E-state index contributed by atoms with van der Waals surface area (Å²) in [5.74, 6) is -2.00. The van der Waals surface area contributed by atoms with E-state index in [0.29, 0.717) is 10.8 Å². The molecule has 0 aliphatic rings. The Labute approximate surface area is 124 Å². The molecule has 0 amide bonds. The largest absolute Gasteiger partial charge is 0.481 e. The molecule has 0 fully saturated rings. The topological polar surface area (TPSA) is 62.2 Å². The monoisotopic (exact) mass is 312 g/mol. The molecule has 2 rings (SSSR count). The lowest BCUT2D eigenvalue weighted by Gasteiger charge is -2.15. The van der Waals surface area contributed by atoms with Crippen LogP contribution in [-0.2, 0) is 16.8 Å². The van der Waals surface area contributed by atoms with Crippen LogP contribution in [0.2, 0.25) is 0 Å². The predicted molar refractivity (Wildman–Crippen MR) is 76.5 cm³/mol. The summed E-state index contributed by atoms with van der Waals surface area (Å²) in [4.78, 5) is 15.3. The third-order valence-electron chi connectivity index (χ3n) is 3.12. The number of anilines is 1. The second-order valence-corrected chi connectivity index (χ2v) is 5.92. The number of benzene rings is 1. The SMILES string of the molecule is CC(C)(C(=O)O)c1csc(NCc2cc(F)ccc2F)n1. The fraction of sp³-hybridized carbons (Fsp3) is 0.286. The van der Waals surface area contributed by atoms with Gasteiger partial charge in [-0.15, -0.1) is 11.3 Å². The van der Waals surface area contributed by atoms with Gasteiger partial charge in [0.1, 0.15) is 17.0 Å². The molecule has 21 heavy (non-hydrogen) atoms. The van der Waals surface area contributed by atoms with Gasteiger partial charge in [0, 0.05) is 17.5 Å². The van der Waals surface area contributed by atoms with E-state index in [2.05, 4.69) is 10.3 Å². The number of carboxylic acids is 1. The molecular formula is C14H14F2N2O2S. The van der Waals surface area contributed by atoms with Crippen molar-refractivity contribution in [1.82, 2.24) is 4.98 Å². The molecule has 1 aromatic carbocycles. The highest BCUT2D eigenvalue weighted by molar-refractivity contribution is 7.13. The summed E-state index contributed by atoms with van der Waals surface area (Å²) in [6, 6.07) is 3.22. The van der Waals surface area contributed by atoms with Crippen LogP contribution in [-0.4, -0.2) is 16.1 Å². The van der Waals surface area contributed by atoms with Crippen molar-refractivity contribution in [1.29, 1.82) is 0 Å². The number of hydrogen-bond donors (Lipinski definition) is 2. The third kappa shape index (κ3) is 3.36. The van der Waals surface area contributed by atoms with Crippen LogP contribution in [0.4, 0.5) is 13.9 Å². The lowest BCUT2D eigenvalue weighted by molar-refractivity contribution is -0.142. The number of rotatable bonds is 5. The maximum Gasteiger partial charge on any atom is 0.315 e. The smallest absolute Gasteiger partial charge is 0.315 e. The first-order chi connectivity index (χ1) is 9.80. The first-order valence-electron chi connectivity index (χ1n) is 6.18. The van der Waals surface area contributed by atoms with Crippen LogP contribution in [0.25, 0.3) is 0 Å². The van der Waals surface area contributed by atoms with E-state index in [1.807, 2.05) is 0 Å². The van der Waals surface area contributed by atoms with Gasteiger partial charge in [-0.25, -0.2) is 13.8 Å². The van der Waals surface area contributed by atoms with Gasteiger partial charge in [-0.1, -0.05) is 0 Å². The number of thiazole rings is 1. The summed E-state index contributed by atoms with van der Waals surface area (Å²) >= 11 is 1.22. The minimum atomic E-state index is -1.10. The third-order valence-corrected chi connectivity index (χ3v) is 3.92. The zero-order chi connectivity index (χ0) is 15.6. The summed E-state index contributed by atoms with van der Waals surface area (Å²) < 4.78 is 26.5. The Kier molecular flexibility index (Phi) is 4.22. The Morgan fingerprint density at radius 2 is 2.14 bits per heavy atom. The second kappa shape index (κ2) is 5.77. The second-order valence-electron chi connectivity index (χ2n) is 5.06. The molecule has 0 saturated heterocycles. The summed E-state index contributed by atoms with van der Waals surface area (Å²) in [7, 11) is 0. The first kappa shape index (κ1) is 15.4. The highest BCUT2D eigenvalue weighted by Gasteiger charge is 2.32. The average Bonchev–Trinajstić information content (AvgIpc) is 2.89. The van der Waals surface area contributed by atoms with E-state index in [1.54, 1.807) is 19.2 Å². The molecule has 1 heterocycles. The Hall–Kier alpha value is -2.02. The molecule has 1 aromatic heterocycles. The average molecular weight is 312 g/mol. The normalized spacial score (nSPS) is 11.4. The Balaban J connectivity index is 2.10. The van der Waals surface area contributed by atoms with Gasteiger partial charge in [0.25, 0.3) is 0 Å². The predicted octanol–water partition coefficient (Wildman–Crippen LogP) is 3.40. The molecule has 0 saturated carbocycles. The number of aromatic nitrogens is 1. The van der Waals surface area contributed by atoms with Crippen LogP contribution in [0.15, 0.2) is 23.6 Å². The van der Waals surface area contributed by atoms with Crippen LogP contribution in [0.5, 0.6) is 0 Å². The number of carboxylic acid groups (broad SMARTS) is 1. The Bertz CT molecular complexity index is 671. The molecule has 0 spiro atoms. The molecule has 0 aliphatic heterocycles. The van der Waals surface area contributed by atoms with Crippen molar-refractivity contribution in [2.45, 2.75) is 25.8 Å². The first-order valence-corrected chi connectivity index (χ1v) is 7.06. The van der Waals surface area contributed by atoms with Gasteiger partial charge in [0.05, 0.1) is 5.69 Å². The van der Waals surface area contributed by atoms with Crippen molar-refractivity contribution in [2.24, 2.45) is 0 Å². The number of carbonyl (C=O) groups is 1. The van der Waals surface area contributed by atoms with E-state index in [4.69, 9.17) is 5.11 Å². The van der Waals surface area contributed by atoms with E-state index in [0.717, 1.165) is 18.2 Å². The molecule has 112 valence electrons. The fourth-order valence-corrected chi connectivity index (χ4v) is 2.48. The van der Waals surface area contributed by atoms with Crippen LogP contribution >= 0.6 is 11.3 Å². The molecular weight excluding hydrogens is 298 g/mol. The minimum absolute atomic E-state index is 0.0735. The summed E-state index contributed by atoms with van der Waals surface area (Å²) in [5, 5.41) is 14.1. The fourth-order valence-electron chi connectivity index (χ4n) is 1.60. The van der Waals surface area contributed by atoms with Crippen LogP contribution in [0.3, 0.4) is 0 Å². The quantitative estimate of drug-likeness (QED) is 0.888. The maximum atomic E-state index is 13.5. The number of aliphatic carboxylic acids is 1. The van der Waals surface area contributed by atoms with E-state index >= 15 is 0 Å². The van der Waals surface area contributed by atoms with E-state index in [9.17, 15) is 13.6 Å². The van der Waals surface area contributed by atoms with Crippen molar-refractivity contribution in [3.8, 4) is 0 Å². The van der Waals surface area contributed by atoms with E-state index < -0.39 is 23.0 Å². The van der Waals surface area contributed by atoms with Crippen molar-refractivity contribution in [2.75, 3.05) is 5.32 Å². The molecule has 2 aromatic rings. The molecule has 0 aliphatic carbocycles. The van der Waals surface area contributed by atoms with Gasteiger partial charge < -0.3 is 10.4 Å². The number of nitrogens with zero attached hydrogens (tertiary/aromatic N) is 1. The number of nitrogens with one attached hydrogen (secondary N) is 1. The standard InChI is InChI=1S/C14H14F2N2O2S/c1-14(2,12(19)20)11-7-21-13(18-11)17-6-8-5-9(15)3-4-10(8)16/h3-5,7H,6H2,1-2H3,(H,17,18)(H,19,20). The lowest BCUT2D eigenvalue weighted by atomic mass is 9.90. The summed E-state index contributed by atoms with van der Waals surface area (Å²) in [6.45, 7) is 3.19. The van der Waals surface area contributed by atoms with Gasteiger partial charge in [-0.3, -0.25) is 4.79 Å². The van der Waals surface area contributed by atoms with Crippen molar-refractivity contribution >= 4 is 22.4 Å². The number of hydrogen-bond acceptors (Lipinski definition) is 4. The van der Waals surface area contributed by atoms with Crippen LogP contribution < -0.4 is 5.32 Å². The van der Waals surface area contributed by atoms with Gasteiger partial charge >= 0.3 is 5.97 Å². The minimum Gasteiger partial charge on any atom is -0.481 e. The van der Waals surface area contributed by atoms with Crippen molar-refractivity contribution in [3.05, 3.63) is 46.5 Å². The maximum absolute atomic E-state index is 13.5. The summed E-state index contributed by atoms with van der Waals surface area (Å²) in [5.41, 5.74) is -0.493. The highest BCUT2D eigenvalue weighted by atomic mass is 32.1. The van der Waals surface area contributed by atoms with Gasteiger partial charge in [0.2, 0.25) is 0 Å². The highest BCUT2D eigenvalue weighted by Crippen LogP contribution is 2.27. The van der Waals surface area contributed by atoms with Gasteiger partial charge in [-0.2, -0.15) is 0 Å². The molecule has 0 atom stereocenters. The zero-order valence-corrected chi connectivity index (χ0v) is 12.3.